The molecule has 16 heavy (non-hydrogen) atoms. The third-order valence-electron chi connectivity index (χ3n) is 2.89. The van der Waals surface area contributed by atoms with Gasteiger partial charge in [-0.1, -0.05) is 0 Å². The first-order chi connectivity index (χ1) is 7.83. The summed E-state index contributed by atoms with van der Waals surface area (Å²) >= 11 is 0. The smallest absolute Gasteiger partial charge is 0.141 e. The van der Waals surface area contributed by atoms with Crippen molar-refractivity contribution < 1.29 is 4.39 Å². The zero-order chi connectivity index (χ0) is 11.0. The van der Waals surface area contributed by atoms with Gasteiger partial charge in [0.05, 0.1) is 17.9 Å². The second-order valence-electron chi connectivity index (χ2n) is 3.99. The lowest BCUT2D eigenvalue weighted by Gasteiger charge is -2.28. The molecule has 0 saturated carbocycles. The molecule has 1 saturated heterocycles. The highest BCUT2D eigenvalue weighted by Gasteiger charge is 2.26. The first-order valence-electron chi connectivity index (χ1n) is 5.39. The highest BCUT2D eigenvalue weighted by atomic mass is 19.1. The third kappa shape index (κ3) is 1.68. The summed E-state index contributed by atoms with van der Waals surface area (Å²) in [6.07, 6.45) is 3.39. The highest BCUT2D eigenvalue weighted by Crippen LogP contribution is 2.23. The van der Waals surface area contributed by atoms with E-state index in [9.17, 15) is 4.39 Å². The standard InChI is InChI=1S/C11H13FN4/c12-8-1-2-10(14-6-8)11-5-9-7-13-3-4-16(9)15-11/h1-2,5-6,11,13,15H,3-4,7H2. The van der Waals surface area contributed by atoms with Crippen LogP contribution in [-0.4, -0.2) is 29.6 Å². The van der Waals surface area contributed by atoms with Crippen LogP contribution in [-0.2, 0) is 0 Å². The number of nitrogens with zero attached hydrogens (tertiary/aromatic N) is 2. The van der Waals surface area contributed by atoms with Crippen molar-refractivity contribution in [2.75, 3.05) is 19.6 Å². The van der Waals surface area contributed by atoms with E-state index >= 15 is 0 Å². The second kappa shape index (κ2) is 3.84. The summed E-state index contributed by atoms with van der Waals surface area (Å²) in [6.45, 7) is 2.81. The molecule has 0 spiro atoms. The minimum atomic E-state index is -0.297. The molecule has 4 nitrogen and oxygen atoms in total. The molecule has 3 heterocycles. The summed E-state index contributed by atoms with van der Waals surface area (Å²) in [7, 11) is 0. The van der Waals surface area contributed by atoms with Gasteiger partial charge >= 0.3 is 0 Å². The summed E-state index contributed by atoms with van der Waals surface area (Å²) in [5, 5.41) is 5.44. The number of hydrazine groups is 1. The van der Waals surface area contributed by atoms with Crippen LogP contribution in [0.3, 0.4) is 0 Å². The molecule has 0 bridgehead atoms. The van der Waals surface area contributed by atoms with E-state index in [0.29, 0.717) is 0 Å². The Morgan fingerprint density at radius 2 is 2.38 bits per heavy atom. The lowest BCUT2D eigenvalue weighted by atomic mass is 10.2. The van der Waals surface area contributed by atoms with Crippen LogP contribution in [0.25, 0.3) is 0 Å². The van der Waals surface area contributed by atoms with Gasteiger partial charge < -0.3 is 10.3 Å². The maximum atomic E-state index is 12.8. The molecule has 2 aliphatic rings. The molecule has 1 aromatic rings. The van der Waals surface area contributed by atoms with Crippen molar-refractivity contribution in [2.45, 2.75) is 6.04 Å². The molecule has 3 rings (SSSR count). The van der Waals surface area contributed by atoms with Crippen LogP contribution in [0.5, 0.6) is 0 Å². The lowest BCUT2D eigenvalue weighted by molar-refractivity contribution is 0.227. The average molecular weight is 220 g/mol. The number of rotatable bonds is 1. The predicted molar refractivity (Wildman–Crippen MR) is 57.7 cm³/mol. The van der Waals surface area contributed by atoms with E-state index in [1.54, 1.807) is 6.07 Å². The Kier molecular flexibility index (Phi) is 2.34. The molecule has 0 amide bonds. The minimum absolute atomic E-state index is 0.0653. The Morgan fingerprint density at radius 3 is 3.12 bits per heavy atom. The van der Waals surface area contributed by atoms with Gasteiger partial charge in [0.25, 0.3) is 0 Å². The fourth-order valence-electron chi connectivity index (χ4n) is 2.06. The molecule has 1 aromatic heterocycles. The predicted octanol–water partition coefficient (Wildman–Crippen LogP) is 0.569. The molecule has 2 N–H and O–H groups in total. The van der Waals surface area contributed by atoms with E-state index in [-0.39, 0.29) is 11.9 Å². The largest absolute Gasteiger partial charge is 0.309 e. The molecule has 84 valence electrons. The number of hydrogen-bond donors (Lipinski definition) is 2. The summed E-state index contributed by atoms with van der Waals surface area (Å²) in [5.41, 5.74) is 5.43. The first-order valence-corrected chi connectivity index (χ1v) is 5.39. The molecule has 0 aromatic carbocycles. The first kappa shape index (κ1) is 9.74. The molecule has 2 aliphatic heterocycles. The molecular formula is C11H13FN4. The van der Waals surface area contributed by atoms with E-state index in [2.05, 4.69) is 26.8 Å². The zero-order valence-corrected chi connectivity index (χ0v) is 8.78. The maximum Gasteiger partial charge on any atom is 0.141 e. The average Bonchev–Trinajstić information content (AvgIpc) is 2.73. The van der Waals surface area contributed by atoms with Gasteiger partial charge in [-0.25, -0.2) is 9.82 Å². The second-order valence-corrected chi connectivity index (χ2v) is 3.99. The zero-order valence-electron chi connectivity index (χ0n) is 8.78. The van der Waals surface area contributed by atoms with Crippen LogP contribution < -0.4 is 10.7 Å². The van der Waals surface area contributed by atoms with Crippen molar-refractivity contribution >= 4 is 0 Å². The number of nitrogens with one attached hydrogen (secondary N) is 2. The van der Waals surface area contributed by atoms with Crippen molar-refractivity contribution in [3.05, 3.63) is 41.6 Å². The number of aromatic nitrogens is 1. The minimum Gasteiger partial charge on any atom is -0.309 e. The Morgan fingerprint density at radius 1 is 1.44 bits per heavy atom. The summed E-state index contributed by atoms with van der Waals surface area (Å²) < 4.78 is 12.8. The summed E-state index contributed by atoms with van der Waals surface area (Å²) in [5.74, 6) is -0.297. The van der Waals surface area contributed by atoms with E-state index in [0.717, 1.165) is 25.3 Å². The number of pyridine rings is 1. The molecule has 1 fully saturated rings. The van der Waals surface area contributed by atoms with Gasteiger partial charge in [-0.2, -0.15) is 0 Å². The Balaban J connectivity index is 1.82. The van der Waals surface area contributed by atoms with Crippen molar-refractivity contribution in [1.29, 1.82) is 0 Å². The maximum absolute atomic E-state index is 12.8. The van der Waals surface area contributed by atoms with Gasteiger partial charge in [-0.15, -0.1) is 0 Å². The monoisotopic (exact) mass is 220 g/mol. The van der Waals surface area contributed by atoms with Crippen molar-refractivity contribution in [2.24, 2.45) is 0 Å². The molecule has 5 heteroatoms. The Bertz CT molecular complexity index is 414. The fourth-order valence-corrected chi connectivity index (χ4v) is 2.06. The number of hydrogen-bond acceptors (Lipinski definition) is 4. The molecular weight excluding hydrogens is 207 g/mol. The SMILES string of the molecule is Fc1ccc(C2C=C3CNCCN3N2)nc1. The van der Waals surface area contributed by atoms with Crippen LogP contribution in [0, 0.1) is 5.82 Å². The molecule has 0 radical (unpaired) electrons. The van der Waals surface area contributed by atoms with Crippen LogP contribution in [0.1, 0.15) is 11.7 Å². The van der Waals surface area contributed by atoms with Crippen LogP contribution in [0.15, 0.2) is 30.1 Å². The molecule has 0 aliphatic carbocycles. The van der Waals surface area contributed by atoms with E-state index < -0.39 is 0 Å². The van der Waals surface area contributed by atoms with Gasteiger partial charge in [0, 0.05) is 25.3 Å². The van der Waals surface area contributed by atoms with Gasteiger partial charge in [0.1, 0.15) is 5.82 Å². The van der Waals surface area contributed by atoms with E-state index in [1.807, 2.05) is 0 Å². The van der Waals surface area contributed by atoms with Crippen molar-refractivity contribution in [3.8, 4) is 0 Å². The van der Waals surface area contributed by atoms with Gasteiger partial charge in [-0.05, 0) is 18.2 Å². The Hall–Kier alpha value is -1.46. The third-order valence-corrected chi connectivity index (χ3v) is 2.89. The van der Waals surface area contributed by atoms with Crippen molar-refractivity contribution in [1.82, 2.24) is 20.7 Å². The summed E-state index contributed by atoms with van der Waals surface area (Å²) in [6, 6.07) is 3.23. The molecule has 1 atom stereocenters. The highest BCUT2D eigenvalue weighted by molar-refractivity contribution is 5.23. The molecule has 1 unspecified atom stereocenters. The normalized spacial score (nSPS) is 24.2. The number of halogens is 1. The summed E-state index contributed by atoms with van der Waals surface area (Å²) in [4.78, 5) is 4.09. The van der Waals surface area contributed by atoms with E-state index in [1.165, 1.54) is 18.0 Å². The van der Waals surface area contributed by atoms with E-state index in [4.69, 9.17) is 0 Å². The topological polar surface area (TPSA) is 40.2 Å². The van der Waals surface area contributed by atoms with Crippen LogP contribution in [0.2, 0.25) is 0 Å². The van der Waals surface area contributed by atoms with Crippen LogP contribution in [0.4, 0.5) is 4.39 Å². The van der Waals surface area contributed by atoms with Gasteiger partial charge in [0.2, 0.25) is 0 Å². The van der Waals surface area contributed by atoms with Crippen LogP contribution >= 0.6 is 0 Å². The lowest BCUT2D eigenvalue weighted by Crippen LogP contribution is -2.45. The number of fused-ring (bicyclic) bond motifs is 1. The quantitative estimate of drug-likeness (QED) is 0.726. The van der Waals surface area contributed by atoms with Gasteiger partial charge in [-0.3, -0.25) is 4.98 Å². The van der Waals surface area contributed by atoms with Crippen molar-refractivity contribution in [3.63, 3.8) is 0 Å². The van der Waals surface area contributed by atoms with Gasteiger partial charge in [0.15, 0.2) is 0 Å². The number of piperazine rings is 1. The Labute approximate surface area is 93.1 Å². The fraction of sp³-hybridized carbons (Fsp3) is 0.364.